The highest BCUT2D eigenvalue weighted by Crippen LogP contribution is 2.84. The third-order valence-corrected chi connectivity index (χ3v) is 10.3. The number of ether oxygens (including phenoxy) is 5. The fourth-order valence-corrected chi connectivity index (χ4v) is 9.27. The molecule has 0 bridgehead atoms. The first-order valence-electron chi connectivity index (χ1n) is 13.2. The molecule has 12 atom stereocenters. The summed E-state index contributed by atoms with van der Waals surface area (Å²) >= 11 is 0. The van der Waals surface area contributed by atoms with E-state index in [9.17, 15) is 29.7 Å². The van der Waals surface area contributed by atoms with Gasteiger partial charge in [0.15, 0.2) is 17.8 Å². The predicted molar refractivity (Wildman–Crippen MR) is 125 cm³/mol. The standard InChI is InChI=1S/C27H31NO11/c1-11-19(31)36-17-15(30)25-16-13(29)14(23(2,3)4)24(25)18(35-10-8-12-7-5-6-9-28-12)20(32)38-22(24)39-27(25,21(33)37-16)26(11,17)34/h5-7,9,11,13-18,22,29-30,34H,8,10H2,1-4H3/t11-,13-,14?,15-,16-,17+,18+,22+,24?,25?,26-,27-/m1/s1. The predicted octanol–water partition coefficient (Wildman–Crippen LogP) is -0.737. The number of fused-ring (bicyclic) bond motifs is 1. The smallest absolute Gasteiger partial charge is 0.343 e. The van der Waals surface area contributed by atoms with Crippen molar-refractivity contribution in [1.82, 2.24) is 4.98 Å². The van der Waals surface area contributed by atoms with E-state index in [1.807, 2.05) is 32.9 Å². The lowest BCUT2D eigenvalue weighted by Gasteiger charge is -2.48. The molecule has 3 unspecified atom stereocenters. The van der Waals surface area contributed by atoms with E-state index in [-0.39, 0.29) is 6.61 Å². The molecule has 12 heteroatoms. The van der Waals surface area contributed by atoms with Crippen LogP contribution in [0.2, 0.25) is 0 Å². The monoisotopic (exact) mass is 545 g/mol. The average Bonchev–Trinajstić information content (AvgIpc) is 3.57. The van der Waals surface area contributed by atoms with Crippen LogP contribution in [0, 0.1) is 28.1 Å². The normalized spacial score (nSPS) is 50.8. The molecule has 1 aromatic heterocycles. The summed E-state index contributed by atoms with van der Waals surface area (Å²) < 4.78 is 29.5. The zero-order valence-corrected chi connectivity index (χ0v) is 21.9. The van der Waals surface area contributed by atoms with Crippen LogP contribution in [0.5, 0.6) is 0 Å². The van der Waals surface area contributed by atoms with E-state index >= 15 is 0 Å². The van der Waals surface area contributed by atoms with E-state index in [0.717, 1.165) is 5.69 Å². The molecule has 7 rings (SSSR count). The highest BCUT2D eigenvalue weighted by Gasteiger charge is 3.05. The Bertz CT molecular complexity index is 1280. The molecule has 2 aliphatic carbocycles. The molecule has 6 fully saturated rings. The van der Waals surface area contributed by atoms with E-state index < -0.39 is 94.0 Å². The number of carbonyl (C=O) groups excluding carboxylic acids is 3. The summed E-state index contributed by atoms with van der Waals surface area (Å²) in [4.78, 5) is 44.3. The van der Waals surface area contributed by atoms with Gasteiger partial charge in [0, 0.05) is 24.2 Å². The number of nitrogens with zero attached hydrogens (tertiary/aromatic N) is 1. The molecule has 2 spiro atoms. The third-order valence-electron chi connectivity index (χ3n) is 10.3. The van der Waals surface area contributed by atoms with Crippen LogP contribution in [0.3, 0.4) is 0 Å². The highest BCUT2D eigenvalue weighted by atomic mass is 16.8. The fourth-order valence-electron chi connectivity index (χ4n) is 9.27. The Balaban J connectivity index is 1.44. The van der Waals surface area contributed by atoms with Crippen molar-refractivity contribution in [2.24, 2.45) is 28.1 Å². The van der Waals surface area contributed by atoms with Crippen molar-refractivity contribution < 1.29 is 53.4 Å². The molecule has 0 amide bonds. The maximum atomic E-state index is 13.8. The summed E-state index contributed by atoms with van der Waals surface area (Å²) in [6, 6.07) is 5.41. The average molecular weight is 546 g/mol. The lowest BCUT2D eigenvalue weighted by molar-refractivity contribution is -0.240. The number of aliphatic hydroxyl groups is 3. The van der Waals surface area contributed by atoms with Crippen LogP contribution in [-0.4, -0.2) is 92.8 Å². The number of hydrogen-bond acceptors (Lipinski definition) is 12. The van der Waals surface area contributed by atoms with Crippen LogP contribution in [0.4, 0.5) is 0 Å². The van der Waals surface area contributed by atoms with Gasteiger partial charge < -0.3 is 39.0 Å². The van der Waals surface area contributed by atoms with Crippen LogP contribution in [0.15, 0.2) is 24.4 Å². The zero-order chi connectivity index (χ0) is 27.9. The molecule has 5 heterocycles. The van der Waals surface area contributed by atoms with Gasteiger partial charge in [0.2, 0.25) is 11.9 Å². The molecule has 210 valence electrons. The van der Waals surface area contributed by atoms with E-state index in [1.54, 1.807) is 12.3 Å². The Morgan fingerprint density at radius 1 is 1.05 bits per heavy atom. The zero-order valence-electron chi connectivity index (χ0n) is 21.9. The Labute approximate surface area is 223 Å². The molecule has 39 heavy (non-hydrogen) atoms. The molecular formula is C27H31NO11. The molecule has 6 aliphatic rings. The van der Waals surface area contributed by atoms with Gasteiger partial charge in [-0.3, -0.25) is 9.78 Å². The van der Waals surface area contributed by atoms with Gasteiger partial charge >= 0.3 is 17.9 Å². The van der Waals surface area contributed by atoms with Crippen molar-refractivity contribution >= 4 is 17.9 Å². The van der Waals surface area contributed by atoms with Gasteiger partial charge in [-0.05, 0) is 24.5 Å². The summed E-state index contributed by atoms with van der Waals surface area (Å²) in [7, 11) is 0. The van der Waals surface area contributed by atoms with E-state index in [4.69, 9.17) is 23.7 Å². The second-order valence-corrected chi connectivity index (χ2v) is 12.7. The SMILES string of the molecule is C[C@@H]1C(=O)O[C@H]2[C@@H](O)C34[C@@H]5OC(=O)[C@]3(O[C@@H]3OC(=O)[C@H](OCCc6ccccn6)C34C(C(C)(C)C)[C@H]5O)[C@@]12O. The maximum Gasteiger partial charge on any atom is 0.343 e. The number of aliphatic hydroxyl groups excluding tert-OH is 2. The lowest BCUT2D eigenvalue weighted by atomic mass is 9.51. The van der Waals surface area contributed by atoms with E-state index in [1.165, 1.54) is 6.92 Å². The number of rotatable bonds is 4. The number of carbonyl (C=O) groups is 3. The summed E-state index contributed by atoms with van der Waals surface area (Å²) in [5.74, 6) is -4.81. The van der Waals surface area contributed by atoms with Crippen LogP contribution in [0.25, 0.3) is 0 Å². The highest BCUT2D eigenvalue weighted by molar-refractivity contribution is 5.94. The molecular weight excluding hydrogens is 514 g/mol. The van der Waals surface area contributed by atoms with Crippen LogP contribution in [-0.2, 0) is 44.5 Å². The number of aromatic nitrogens is 1. The molecule has 3 N–H and O–H groups in total. The van der Waals surface area contributed by atoms with Crippen molar-refractivity contribution in [1.29, 1.82) is 0 Å². The van der Waals surface area contributed by atoms with Gasteiger partial charge in [-0.2, -0.15) is 0 Å². The van der Waals surface area contributed by atoms with Crippen molar-refractivity contribution in [2.75, 3.05) is 6.61 Å². The molecule has 4 saturated heterocycles. The molecule has 2 saturated carbocycles. The van der Waals surface area contributed by atoms with Gasteiger partial charge in [0.1, 0.15) is 12.2 Å². The van der Waals surface area contributed by atoms with Crippen LogP contribution in [0.1, 0.15) is 33.4 Å². The van der Waals surface area contributed by atoms with E-state index in [2.05, 4.69) is 4.98 Å². The first-order valence-corrected chi connectivity index (χ1v) is 13.2. The maximum absolute atomic E-state index is 13.8. The molecule has 4 aliphatic heterocycles. The van der Waals surface area contributed by atoms with Crippen LogP contribution < -0.4 is 0 Å². The summed E-state index contributed by atoms with van der Waals surface area (Å²) in [6.07, 6.45) is -7.01. The molecule has 1 aromatic rings. The minimum Gasteiger partial charge on any atom is -0.456 e. The topological polar surface area (TPSA) is 171 Å². The lowest BCUT2D eigenvalue weighted by Crippen LogP contribution is -2.67. The molecule has 0 radical (unpaired) electrons. The van der Waals surface area contributed by atoms with Gasteiger partial charge in [-0.25, -0.2) is 9.59 Å². The van der Waals surface area contributed by atoms with Crippen molar-refractivity contribution in [3.05, 3.63) is 30.1 Å². The Morgan fingerprint density at radius 3 is 2.46 bits per heavy atom. The summed E-state index contributed by atoms with van der Waals surface area (Å²) in [5, 5.41) is 36.1. The number of esters is 3. The van der Waals surface area contributed by atoms with Crippen molar-refractivity contribution in [2.45, 2.75) is 82.1 Å². The first-order chi connectivity index (χ1) is 18.3. The second kappa shape index (κ2) is 7.35. The molecule has 12 nitrogen and oxygen atoms in total. The van der Waals surface area contributed by atoms with Gasteiger partial charge in [0.25, 0.3) is 0 Å². The second-order valence-electron chi connectivity index (χ2n) is 12.7. The minimum absolute atomic E-state index is 0.0237. The number of pyridine rings is 1. The van der Waals surface area contributed by atoms with Crippen molar-refractivity contribution in [3.8, 4) is 0 Å². The summed E-state index contributed by atoms with van der Waals surface area (Å²) in [5.41, 5.74) is -8.39. The largest absolute Gasteiger partial charge is 0.456 e. The van der Waals surface area contributed by atoms with Crippen molar-refractivity contribution in [3.63, 3.8) is 0 Å². The quantitative estimate of drug-likeness (QED) is 0.320. The Hall–Kier alpha value is -2.64. The van der Waals surface area contributed by atoms with Gasteiger partial charge in [0.05, 0.1) is 29.5 Å². The Morgan fingerprint density at radius 2 is 1.79 bits per heavy atom. The summed E-state index contributed by atoms with van der Waals surface area (Å²) in [6.45, 7) is 6.95. The third kappa shape index (κ3) is 2.35. The van der Waals surface area contributed by atoms with Gasteiger partial charge in [-0.1, -0.05) is 26.8 Å². The first kappa shape index (κ1) is 25.3. The van der Waals surface area contributed by atoms with E-state index in [0.29, 0.717) is 6.42 Å². The Kier molecular flexibility index (Phi) is 4.78. The minimum atomic E-state index is -2.37. The fraction of sp³-hybridized carbons (Fsp3) is 0.704. The molecule has 0 aromatic carbocycles. The van der Waals surface area contributed by atoms with Gasteiger partial charge in [-0.15, -0.1) is 0 Å². The van der Waals surface area contributed by atoms with Crippen LogP contribution >= 0.6 is 0 Å². The number of hydrogen-bond donors (Lipinski definition) is 3.